The van der Waals surface area contributed by atoms with E-state index in [1.54, 1.807) is 6.92 Å². The molecule has 0 aromatic carbocycles. The number of hydrogen-bond donors (Lipinski definition) is 2. The monoisotopic (exact) mass is 243 g/mol. The fraction of sp³-hybridized carbons (Fsp3) is 0.818. The van der Waals surface area contributed by atoms with E-state index in [2.05, 4.69) is 10.1 Å². The average Bonchev–Trinajstić information content (AvgIpc) is 2.66. The van der Waals surface area contributed by atoms with Crippen LogP contribution in [0.15, 0.2) is 4.52 Å². The predicted molar refractivity (Wildman–Crippen MR) is 62.3 cm³/mol. The average molecular weight is 243 g/mol. The highest BCUT2D eigenvalue weighted by Crippen LogP contribution is 2.22. The maximum atomic E-state index is 9.81. The first-order chi connectivity index (χ1) is 7.80. The Kier molecular flexibility index (Phi) is 4.24. The minimum atomic E-state index is -1.03. The first-order valence-corrected chi connectivity index (χ1v) is 5.70. The molecule has 0 aliphatic carbocycles. The van der Waals surface area contributed by atoms with Gasteiger partial charge in [-0.2, -0.15) is 4.98 Å². The number of nitrogens with zero attached hydrogens (tertiary/aromatic N) is 2. The van der Waals surface area contributed by atoms with Crippen molar-refractivity contribution in [2.24, 2.45) is 5.73 Å². The summed E-state index contributed by atoms with van der Waals surface area (Å²) < 4.78 is 10.6. The van der Waals surface area contributed by atoms with Crippen LogP contribution in [0.5, 0.6) is 0 Å². The molecule has 0 aliphatic heterocycles. The first-order valence-electron chi connectivity index (χ1n) is 5.70. The lowest BCUT2D eigenvalue weighted by molar-refractivity contribution is -0.0221. The molecule has 3 N–H and O–H groups in total. The van der Waals surface area contributed by atoms with E-state index < -0.39 is 11.2 Å². The van der Waals surface area contributed by atoms with Gasteiger partial charge in [0.05, 0.1) is 12.0 Å². The molecule has 0 saturated heterocycles. The molecule has 1 rings (SSSR count). The molecule has 0 aliphatic rings. The van der Waals surface area contributed by atoms with Crippen molar-refractivity contribution in [1.29, 1.82) is 0 Å². The van der Waals surface area contributed by atoms with Crippen molar-refractivity contribution in [3.63, 3.8) is 0 Å². The van der Waals surface area contributed by atoms with Crippen LogP contribution in [-0.4, -0.2) is 34.0 Å². The molecule has 0 amide bonds. The van der Waals surface area contributed by atoms with E-state index in [4.69, 9.17) is 15.0 Å². The first kappa shape index (κ1) is 14.1. The molecule has 0 fully saturated rings. The molecule has 0 spiro atoms. The quantitative estimate of drug-likeness (QED) is 0.759. The second kappa shape index (κ2) is 5.12. The van der Waals surface area contributed by atoms with Crippen molar-refractivity contribution in [1.82, 2.24) is 10.1 Å². The summed E-state index contributed by atoms with van der Waals surface area (Å²) in [6.45, 7) is 7.97. The molecule has 98 valence electrons. The summed E-state index contributed by atoms with van der Waals surface area (Å²) in [4.78, 5) is 4.22. The normalized spacial score (nSPS) is 15.9. The molecular formula is C11H21N3O3. The number of ether oxygens (including phenoxy) is 1. The van der Waals surface area contributed by atoms with E-state index in [0.29, 0.717) is 18.3 Å². The zero-order chi connectivity index (χ0) is 13.1. The van der Waals surface area contributed by atoms with Crippen LogP contribution in [0.2, 0.25) is 0 Å². The highest BCUT2D eigenvalue weighted by Gasteiger charge is 2.29. The molecule has 6 heteroatoms. The summed E-state index contributed by atoms with van der Waals surface area (Å²) in [6.07, 6.45) is 0.235. The fourth-order valence-corrected chi connectivity index (χ4v) is 1.39. The maximum Gasteiger partial charge on any atom is 0.229 e. The van der Waals surface area contributed by atoms with Crippen molar-refractivity contribution in [3.8, 4) is 0 Å². The van der Waals surface area contributed by atoms with Crippen molar-refractivity contribution >= 4 is 0 Å². The van der Waals surface area contributed by atoms with Crippen LogP contribution >= 0.6 is 0 Å². The molecular weight excluding hydrogens is 222 g/mol. The second-order valence-corrected chi connectivity index (χ2v) is 4.83. The molecule has 17 heavy (non-hydrogen) atoms. The van der Waals surface area contributed by atoms with Gasteiger partial charge in [-0.25, -0.2) is 0 Å². The highest BCUT2D eigenvalue weighted by molar-refractivity contribution is 4.99. The lowest BCUT2D eigenvalue weighted by Crippen LogP contribution is -2.36. The molecule has 1 aromatic rings. The lowest BCUT2D eigenvalue weighted by atomic mass is 10.0. The molecule has 0 bridgehead atoms. The van der Waals surface area contributed by atoms with Crippen LogP contribution in [0.4, 0.5) is 0 Å². The summed E-state index contributed by atoms with van der Waals surface area (Å²) in [5, 5.41) is 13.7. The number of aliphatic hydroxyl groups is 1. The Labute approximate surface area is 101 Å². The Hall–Kier alpha value is -0.980. The van der Waals surface area contributed by atoms with Gasteiger partial charge in [0, 0.05) is 13.2 Å². The van der Waals surface area contributed by atoms with Crippen molar-refractivity contribution in [3.05, 3.63) is 11.7 Å². The lowest BCUT2D eigenvalue weighted by Gasteiger charge is -2.20. The van der Waals surface area contributed by atoms with Crippen LogP contribution in [-0.2, 0) is 16.8 Å². The van der Waals surface area contributed by atoms with Crippen LogP contribution in [0.25, 0.3) is 0 Å². The zero-order valence-corrected chi connectivity index (χ0v) is 10.9. The van der Waals surface area contributed by atoms with E-state index in [1.807, 2.05) is 20.8 Å². The summed E-state index contributed by atoms with van der Waals surface area (Å²) in [5.74, 6) is 0.838. The molecule has 1 heterocycles. The standard InChI is InChI=1S/C11H21N3O3/c1-5-16-10(2,3)9-13-8(17-14-9)6-11(4,15)7-12/h15H,5-7,12H2,1-4H3. The summed E-state index contributed by atoms with van der Waals surface area (Å²) >= 11 is 0. The van der Waals surface area contributed by atoms with Gasteiger partial charge in [0.25, 0.3) is 0 Å². The third-order valence-corrected chi connectivity index (χ3v) is 2.48. The van der Waals surface area contributed by atoms with Gasteiger partial charge in [-0.05, 0) is 27.7 Å². The van der Waals surface area contributed by atoms with Gasteiger partial charge >= 0.3 is 0 Å². The predicted octanol–water partition coefficient (Wildman–Crippen LogP) is 0.593. The van der Waals surface area contributed by atoms with Gasteiger partial charge in [0.15, 0.2) is 0 Å². The Morgan fingerprint density at radius 1 is 1.41 bits per heavy atom. The van der Waals surface area contributed by atoms with Crippen LogP contribution < -0.4 is 5.73 Å². The topological polar surface area (TPSA) is 94.4 Å². The Bertz CT molecular complexity index is 361. The number of aromatic nitrogens is 2. The van der Waals surface area contributed by atoms with E-state index in [-0.39, 0.29) is 13.0 Å². The molecule has 1 unspecified atom stereocenters. The summed E-state index contributed by atoms with van der Waals surface area (Å²) in [7, 11) is 0. The Morgan fingerprint density at radius 3 is 2.59 bits per heavy atom. The van der Waals surface area contributed by atoms with Gasteiger partial charge in [-0.1, -0.05) is 5.16 Å². The van der Waals surface area contributed by atoms with E-state index in [0.717, 1.165) is 0 Å². The van der Waals surface area contributed by atoms with Gasteiger partial charge < -0.3 is 20.1 Å². The molecule has 0 saturated carbocycles. The Balaban J connectivity index is 2.78. The van der Waals surface area contributed by atoms with Crippen molar-refractivity contribution in [2.45, 2.75) is 45.3 Å². The van der Waals surface area contributed by atoms with Gasteiger partial charge in [0.2, 0.25) is 11.7 Å². The van der Waals surface area contributed by atoms with E-state index in [9.17, 15) is 5.11 Å². The maximum absolute atomic E-state index is 9.81. The molecule has 6 nitrogen and oxygen atoms in total. The van der Waals surface area contributed by atoms with Gasteiger partial charge in [0.1, 0.15) is 5.60 Å². The van der Waals surface area contributed by atoms with Crippen molar-refractivity contribution in [2.75, 3.05) is 13.2 Å². The number of nitrogens with two attached hydrogens (primary N) is 1. The molecule has 0 radical (unpaired) electrons. The minimum Gasteiger partial charge on any atom is -0.388 e. The SMILES string of the molecule is CCOC(C)(C)c1noc(CC(C)(O)CN)n1. The number of rotatable bonds is 6. The smallest absolute Gasteiger partial charge is 0.229 e. The summed E-state index contributed by atoms with van der Waals surface area (Å²) in [6, 6.07) is 0. The molecule has 1 aromatic heterocycles. The van der Waals surface area contributed by atoms with Crippen LogP contribution in [0.1, 0.15) is 39.4 Å². The van der Waals surface area contributed by atoms with Gasteiger partial charge in [-0.3, -0.25) is 0 Å². The summed E-state index contributed by atoms with van der Waals surface area (Å²) in [5.41, 5.74) is 3.81. The molecule has 1 atom stereocenters. The number of hydrogen-bond acceptors (Lipinski definition) is 6. The largest absolute Gasteiger partial charge is 0.388 e. The fourth-order valence-electron chi connectivity index (χ4n) is 1.39. The zero-order valence-electron chi connectivity index (χ0n) is 10.9. The van der Waals surface area contributed by atoms with Crippen LogP contribution in [0.3, 0.4) is 0 Å². The Morgan fingerprint density at radius 2 is 2.06 bits per heavy atom. The van der Waals surface area contributed by atoms with E-state index >= 15 is 0 Å². The minimum absolute atomic E-state index is 0.138. The van der Waals surface area contributed by atoms with E-state index in [1.165, 1.54) is 0 Å². The third-order valence-electron chi connectivity index (χ3n) is 2.48. The highest BCUT2D eigenvalue weighted by atomic mass is 16.5. The van der Waals surface area contributed by atoms with Gasteiger partial charge in [-0.15, -0.1) is 0 Å². The third kappa shape index (κ3) is 3.76. The van der Waals surface area contributed by atoms with Crippen LogP contribution in [0, 0.1) is 0 Å². The van der Waals surface area contributed by atoms with Crippen molar-refractivity contribution < 1.29 is 14.4 Å². The second-order valence-electron chi connectivity index (χ2n) is 4.83.